The molecule has 2 heterocycles. The van der Waals surface area contributed by atoms with Crippen molar-refractivity contribution in [2.24, 2.45) is 5.92 Å². The molecule has 0 bridgehead atoms. The zero-order valence-electron chi connectivity index (χ0n) is 15.7. The summed E-state index contributed by atoms with van der Waals surface area (Å²) in [6.45, 7) is 1.80. The summed E-state index contributed by atoms with van der Waals surface area (Å²) in [5.41, 5.74) is 1.62. The number of halogens is 3. The minimum atomic E-state index is -4.89. The molecule has 1 aliphatic rings. The van der Waals surface area contributed by atoms with Crippen molar-refractivity contribution >= 4 is 34.3 Å². The molecule has 1 aromatic heterocycles. The molecule has 30 heavy (non-hydrogen) atoms. The molecule has 7 nitrogen and oxygen atoms in total. The Morgan fingerprint density at radius 3 is 2.80 bits per heavy atom. The van der Waals surface area contributed by atoms with Crippen LogP contribution < -0.4 is 15.0 Å². The van der Waals surface area contributed by atoms with Gasteiger partial charge in [-0.3, -0.25) is 9.59 Å². The van der Waals surface area contributed by atoms with E-state index in [4.69, 9.17) is 4.42 Å². The standard InChI is InChI=1S/C20H16F3N3O4/c1-11-24-15-9-13(6-7-16(15)29-11)26-10-12(8-18(26)27)19(28)25-14-4-2-3-5-17(14)30-20(21,22)23/h2-7,9,12H,8,10H2,1H3,(H,25,28). The number of carbonyl (C=O) groups is 2. The molecule has 10 heteroatoms. The second-order valence-corrected chi connectivity index (χ2v) is 6.82. The molecule has 2 amide bonds. The number of aryl methyl sites for hydroxylation is 1. The van der Waals surface area contributed by atoms with Gasteiger partial charge in [0.1, 0.15) is 5.52 Å². The average molecular weight is 419 g/mol. The van der Waals surface area contributed by atoms with Gasteiger partial charge in [-0.2, -0.15) is 0 Å². The first-order valence-electron chi connectivity index (χ1n) is 9.03. The van der Waals surface area contributed by atoms with Gasteiger partial charge in [-0.05, 0) is 30.3 Å². The number of hydrogen-bond acceptors (Lipinski definition) is 5. The zero-order chi connectivity index (χ0) is 21.5. The molecule has 1 aliphatic heterocycles. The van der Waals surface area contributed by atoms with Gasteiger partial charge in [0, 0.05) is 25.6 Å². The molecule has 1 saturated heterocycles. The molecule has 0 saturated carbocycles. The molecule has 2 aromatic carbocycles. The number of nitrogens with one attached hydrogen (secondary N) is 1. The molecular weight excluding hydrogens is 403 g/mol. The summed E-state index contributed by atoms with van der Waals surface area (Å²) in [5.74, 6) is -1.60. The molecule has 0 aliphatic carbocycles. The van der Waals surface area contributed by atoms with Gasteiger partial charge in [-0.1, -0.05) is 12.1 Å². The van der Waals surface area contributed by atoms with E-state index in [-0.39, 0.29) is 24.6 Å². The number of nitrogens with zero attached hydrogens (tertiary/aromatic N) is 2. The second-order valence-electron chi connectivity index (χ2n) is 6.82. The number of para-hydroxylation sites is 2. The fraction of sp³-hybridized carbons (Fsp3) is 0.250. The fourth-order valence-corrected chi connectivity index (χ4v) is 3.35. The maximum absolute atomic E-state index is 12.6. The quantitative estimate of drug-likeness (QED) is 0.690. The van der Waals surface area contributed by atoms with Gasteiger partial charge < -0.3 is 19.4 Å². The summed E-state index contributed by atoms with van der Waals surface area (Å²) in [7, 11) is 0. The summed E-state index contributed by atoms with van der Waals surface area (Å²) < 4.78 is 47.0. The number of hydrogen-bond donors (Lipinski definition) is 1. The van der Waals surface area contributed by atoms with E-state index in [9.17, 15) is 22.8 Å². The molecule has 1 atom stereocenters. The van der Waals surface area contributed by atoms with Crippen LogP contribution in [0.4, 0.5) is 24.5 Å². The lowest BCUT2D eigenvalue weighted by atomic mass is 10.1. The lowest BCUT2D eigenvalue weighted by molar-refractivity contribution is -0.274. The van der Waals surface area contributed by atoms with Crippen LogP contribution in [0.2, 0.25) is 0 Å². The Morgan fingerprint density at radius 1 is 1.27 bits per heavy atom. The van der Waals surface area contributed by atoms with E-state index in [1.165, 1.54) is 23.1 Å². The molecule has 4 rings (SSSR count). The number of alkyl halides is 3. The van der Waals surface area contributed by atoms with Crippen LogP contribution in [-0.2, 0) is 9.59 Å². The molecule has 156 valence electrons. The Bertz CT molecular complexity index is 1130. The highest BCUT2D eigenvalue weighted by molar-refractivity contribution is 6.04. The van der Waals surface area contributed by atoms with Crippen molar-refractivity contribution in [3.05, 3.63) is 48.4 Å². The van der Waals surface area contributed by atoms with E-state index < -0.39 is 23.9 Å². The second kappa shape index (κ2) is 7.36. The van der Waals surface area contributed by atoms with E-state index in [0.29, 0.717) is 22.7 Å². The van der Waals surface area contributed by atoms with Gasteiger partial charge in [-0.25, -0.2) is 4.98 Å². The van der Waals surface area contributed by atoms with Crippen molar-refractivity contribution in [2.75, 3.05) is 16.8 Å². The minimum absolute atomic E-state index is 0.0655. The van der Waals surface area contributed by atoms with E-state index in [2.05, 4.69) is 15.0 Å². The van der Waals surface area contributed by atoms with Gasteiger partial charge in [0.05, 0.1) is 11.6 Å². The lowest BCUT2D eigenvalue weighted by Crippen LogP contribution is -2.28. The number of amides is 2. The first kappa shape index (κ1) is 19.7. The Hall–Kier alpha value is -3.56. The Balaban J connectivity index is 1.49. The SMILES string of the molecule is Cc1nc2cc(N3CC(C(=O)Nc4ccccc4OC(F)(F)F)CC3=O)ccc2o1. The first-order valence-corrected chi connectivity index (χ1v) is 9.03. The van der Waals surface area contributed by atoms with E-state index >= 15 is 0 Å². The molecular formula is C20H16F3N3O4. The van der Waals surface area contributed by atoms with Crippen LogP contribution in [0.3, 0.4) is 0 Å². The fourth-order valence-electron chi connectivity index (χ4n) is 3.35. The molecule has 1 N–H and O–H groups in total. The summed E-state index contributed by atoms with van der Waals surface area (Å²) in [4.78, 5) is 30.8. The zero-order valence-corrected chi connectivity index (χ0v) is 15.7. The van der Waals surface area contributed by atoms with Gasteiger partial charge >= 0.3 is 6.36 Å². The van der Waals surface area contributed by atoms with Crippen molar-refractivity contribution in [1.82, 2.24) is 4.98 Å². The van der Waals surface area contributed by atoms with Crippen LogP contribution in [-0.4, -0.2) is 29.7 Å². The van der Waals surface area contributed by atoms with E-state index in [1.54, 1.807) is 25.1 Å². The number of benzene rings is 2. The Kier molecular flexibility index (Phi) is 4.84. The number of ether oxygens (including phenoxy) is 1. The van der Waals surface area contributed by atoms with Crippen molar-refractivity contribution in [1.29, 1.82) is 0 Å². The van der Waals surface area contributed by atoms with Crippen molar-refractivity contribution in [3.8, 4) is 5.75 Å². The number of rotatable bonds is 4. The summed E-state index contributed by atoms with van der Waals surface area (Å²) in [6.07, 6.45) is -4.96. The molecule has 1 unspecified atom stereocenters. The largest absolute Gasteiger partial charge is 0.573 e. The van der Waals surface area contributed by atoms with Crippen LogP contribution in [0.1, 0.15) is 12.3 Å². The number of oxazole rings is 1. The van der Waals surface area contributed by atoms with Crippen LogP contribution in [0, 0.1) is 12.8 Å². The average Bonchev–Trinajstić information content (AvgIpc) is 3.23. The third kappa shape index (κ3) is 4.07. The maximum atomic E-state index is 12.6. The number of aromatic nitrogens is 1. The van der Waals surface area contributed by atoms with Gasteiger partial charge in [-0.15, -0.1) is 13.2 Å². The lowest BCUT2D eigenvalue weighted by Gasteiger charge is -2.17. The monoisotopic (exact) mass is 419 g/mol. The first-order chi connectivity index (χ1) is 14.2. The molecule has 3 aromatic rings. The normalized spacial score (nSPS) is 16.9. The van der Waals surface area contributed by atoms with Crippen LogP contribution in [0.25, 0.3) is 11.1 Å². The van der Waals surface area contributed by atoms with Gasteiger partial charge in [0.25, 0.3) is 0 Å². The predicted molar refractivity (Wildman–Crippen MR) is 101 cm³/mol. The van der Waals surface area contributed by atoms with Crippen LogP contribution in [0.5, 0.6) is 5.75 Å². The predicted octanol–water partition coefficient (Wildman–Crippen LogP) is 4.03. The van der Waals surface area contributed by atoms with Gasteiger partial charge in [0.15, 0.2) is 17.2 Å². The van der Waals surface area contributed by atoms with Crippen molar-refractivity contribution in [3.63, 3.8) is 0 Å². The Morgan fingerprint density at radius 2 is 2.03 bits per heavy atom. The highest BCUT2D eigenvalue weighted by atomic mass is 19.4. The summed E-state index contributed by atoms with van der Waals surface area (Å²) in [5, 5.41) is 2.43. The third-order valence-electron chi connectivity index (χ3n) is 4.66. The minimum Gasteiger partial charge on any atom is -0.441 e. The van der Waals surface area contributed by atoms with E-state index in [1.807, 2.05) is 0 Å². The van der Waals surface area contributed by atoms with Crippen LogP contribution in [0.15, 0.2) is 46.9 Å². The summed E-state index contributed by atoms with van der Waals surface area (Å²) in [6, 6.07) is 10.3. The van der Waals surface area contributed by atoms with Gasteiger partial charge in [0.2, 0.25) is 11.8 Å². The third-order valence-corrected chi connectivity index (χ3v) is 4.66. The molecule has 0 radical (unpaired) electrons. The maximum Gasteiger partial charge on any atom is 0.573 e. The van der Waals surface area contributed by atoms with Crippen molar-refractivity contribution < 1.29 is 31.9 Å². The summed E-state index contributed by atoms with van der Waals surface area (Å²) >= 11 is 0. The number of fused-ring (bicyclic) bond motifs is 1. The van der Waals surface area contributed by atoms with Crippen LogP contribution >= 0.6 is 0 Å². The Labute approximate surface area is 168 Å². The number of carbonyl (C=O) groups excluding carboxylic acids is 2. The highest BCUT2D eigenvalue weighted by Crippen LogP contribution is 2.32. The highest BCUT2D eigenvalue weighted by Gasteiger charge is 2.36. The smallest absolute Gasteiger partial charge is 0.441 e. The molecule has 1 fully saturated rings. The van der Waals surface area contributed by atoms with E-state index in [0.717, 1.165) is 6.07 Å². The van der Waals surface area contributed by atoms with Crippen molar-refractivity contribution in [2.45, 2.75) is 19.7 Å². The topological polar surface area (TPSA) is 84.7 Å². The number of anilines is 2. The molecule has 0 spiro atoms.